The quantitative estimate of drug-likeness (QED) is 0.748. The number of thiol groups is 1. The summed E-state index contributed by atoms with van der Waals surface area (Å²) in [5, 5.41) is 8.63. The molecule has 1 unspecified atom stereocenters. The van der Waals surface area contributed by atoms with Crippen molar-refractivity contribution in [2.24, 2.45) is 0 Å². The second kappa shape index (κ2) is 6.61. The molecule has 1 N–H and O–H groups in total. The van der Waals surface area contributed by atoms with Crippen LogP contribution in [0.25, 0.3) is 0 Å². The smallest absolute Gasteiger partial charge is 0.142 e. The summed E-state index contributed by atoms with van der Waals surface area (Å²) in [6.07, 6.45) is 0.463. The zero-order chi connectivity index (χ0) is 12.8. The van der Waals surface area contributed by atoms with Crippen LogP contribution < -0.4 is 4.74 Å². The van der Waals surface area contributed by atoms with Crippen molar-refractivity contribution in [3.8, 4) is 5.75 Å². The summed E-state index contributed by atoms with van der Waals surface area (Å²) in [5.41, 5.74) is 1.55. The molecule has 5 heteroatoms. The van der Waals surface area contributed by atoms with Crippen LogP contribution >= 0.6 is 0 Å². The largest absolute Gasteiger partial charge is 0.494 e. The first kappa shape index (κ1) is 14.0. The van der Waals surface area contributed by atoms with Crippen LogP contribution in [0.4, 0.5) is 0 Å². The maximum atomic E-state index is 10.6. The summed E-state index contributed by atoms with van der Waals surface area (Å²) in [7, 11) is -2.38. The van der Waals surface area contributed by atoms with Crippen LogP contribution in [0.5, 0.6) is 5.75 Å². The van der Waals surface area contributed by atoms with E-state index in [9.17, 15) is 8.42 Å². The molecule has 0 spiro atoms. The average Bonchev–Trinajstić information content (AvgIpc) is 2.27. The third-order valence-electron chi connectivity index (χ3n) is 2.37. The molecule has 0 bridgehead atoms. The fourth-order valence-electron chi connectivity index (χ4n) is 1.37. The van der Waals surface area contributed by atoms with Gasteiger partial charge >= 0.3 is 0 Å². The van der Waals surface area contributed by atoms with Crippen LogP contribution in [-0.4, -0.2) is 25.4 Å². The third-order valence-corrected chi connectivity index (χ3v) is 3.35. The van der Waals surface area contributed by atoms with Crippen molar-refractivity contribution in [1.82, 2.24) is 0 Å². The van der Waals surface area contributed by atoms with Crippen LogP contribution in [0.3, 0.4) is 0 Å². The van der Waals surface area contributed by atoms with Gasteiger partial charge in [0, 0.05) is 0 Å². The Morgan fingerprint density at radius 1 is 1.47 bits per heavy atom. The lowest BCUT2D eigenvalue weighted by molar-refractivity contribution is 0.278. The lowest BCUT2D eigenvalue weighted by Crippen LogP contribution is -2.10. The zero-order valence-electron chi connectivity index (χ0n) is 9.97. The highest BCUT2D eigenvalue weighted by molar-refractivity contribution is 7.73. The van der Waals surface area contributed by atoms with Crippen molar-refractivity contribution >= 4 is 10.7 Å². The molecule has 0 aliphatic carbocycles. The Hall–Kier alpha value is -1.07. The summed E-state index contributed by atoms with van der Waals surface area (Å²) < 4.78 is 26.7. The molecule has 1 aromatic rings. The van der Waals surface area contributed by atoms with E-state index in [0.29, 0.717) is 24.3 Å². The van der Waals surface area contributed by atoms with Gasteiger partial charge in [0.1, 0.15) is 16.5 Å². The predicted molar refractivity (Wildman–Crippen MR) is 65.8 cm³/mol. The standard InChI is InChI=1S/C12H17O4S/c1-9-5-11(8-13)7-12(6-9)16-4-3-10(2)17(14)15/h6-7,10,13,17H,3-4,8H2,1-2H3. The number of aliphatic hydroxyl groups excluding tert-OH is 1. The predicted octanol–water partition coefficient (Wildman–Crippen LogP) is 1.06. The third kappa shape index (κ3) is 4.75. The van der Waals surface area contributed by atoms with Crippen LogP contribution in [0.1, 0.15) is 24.5 Å². The zero-order valence-corrected chi connectivity index (χ0v) is 10.9. The molecule has 4 nitrogen and oxygen atoms in total. The first-order valence-corrected chi connectivity index (χ1v) is 6.67. The van der Waals surface area contributed by atoms with Crippen molar-refractivity contribution in [3.63, 3.8) is 0 Å². The minimum absolute atomic E-state index is 0.0825. The van der Waals surface area contributed by atoms with Gasteiger partial charge in [-0.1, -0.05) is 0 Å². The van der Waals surface area contributed by atoms with Crippen LogP contribution in [-0.2, 0) is 17.3 Å². The highest BCUT2D eigenvalue weighted by Gasteiger charge is 2.05. The van der Waals surface area contributed by atoms with Gasteiger partial charge in [-0.15, -0.1) is 0 Å². The molecule has 0 fully saturated rings. The highest BCUT2D eigenvalue weighted by Crippen LogP contribution is 2.16. The van der Waals surface area contributed by atoms with Gasteiger partial charge in [-0.05, 0) is 49.6 Å². The van der Waals surface area contributed by atoms with E-state index in [1.807, 2.05) is 6.92 Å². The molecule has 17 heavy (non-hydrogen) atoms. The minimum atomic E-state index is -2.38. The molecule has 0 aliphatic heterocycles. The van der Waals surface area contributed by atoms with Crippen molar-refractivity contribution in [1.29, 1.82) is 0 Å². The number of aryl methyl sites for hydroxylation is 1. The molecule has 0 saturated carbocycles. The molecule has 1 radical (unpaired) electrons. The van der Waals surface area contributed by atoms with E-state index >= 15 is 0 Å². The SMILES string of the molecule is Cc1[c]c(CO)cc(OCCC(C)[SH](=O)=O)c1. The normalized spacial score (nSPS) is 12.7. The Morgan fingerprint density at radius 2 is 2.18 bits per heavy atom. The fourth-order valence-corrected chi connectivity index (χ4v) is 1.69. The second-order valence-electron chi connectivity index (χ2n) is 3.95. The molecule has 0 heterocycles. The minimum Gasteiger partial charge on any atom is -0.494 e. The summed E-state index contributed by atoms with van der Waals surface area (Å²) in [5.74, 6) is 0.638. The van der Waals surface area contributed by atoms with Gasteiger partial charge in [0.15, 0.2) is 0 Å². The number of hydrogen-bond acceptors (Lipinski definition) is 4. The van der Waals surface area contributed by atoms with Crippen molar-refractivity contribution < 1.29 is 18.3 Å². The van der Waals surface area contributed by atoms with Gasteiger partial charge in [0.2, 0.25) is 0 Å². The van der Waals surface area contributed by atoms with Crippen LogP contribution in [0, 0.1) is 13.0 Å². The van der Waals surface area contributed by atoms with Gasteiger partial charge in [0.25, 0.3) is 0 Å². The topological polar surface area (TPSA) is 63.6 Å². The summed E-state index contributed by atoms with van der Waals surface area (Å²) >= 11 is 0. The molecular weight excluding hydrogens is 240 g/mol. The second-order valence-corrected chi connectivity index (χ2v) is 5.41. The Morgan fingerprint density at radius 3 is 2.76 bits per heavy atom. The summed E-state index contributed by atoms with van der Waals surface area (Å²) in [6.45, 7) is 3.78. The van der Waals surface area contributed by atoms with Gasteiger partial charge in [-0.2, -0.15) is 0 Å². The number of hydrogen-bond donors (Lipinski definition) is 2. The Balaban J connectivity index is 2.54. The maximum absolute atomic E-state index is 10.6. The first-order valence-electron chi connectivity index (χ1n) is 5.43. The summed E-state index contributed by atoms with van der Waals surface area (Å²) in [6, 6.07) is 6.50. The van der Waals surface area contributed by atoms with E-state index in [1.165, 1.54) is 0 Å². The van der Waals surface area contributed by atoms with Gasteiger partial charge < -0.3 is 9.84 Å². The van der Waals surface area contributed by atoms with E-state index in [4.69, 9.17) is 9.84 Å². The molecule has 0 aromatic heterocycles. The molecule has 1 atom stereocenters. The van der Waals surface area contributed by atoms with E-state index in [0.717, 1.165) is 5.56 Å². The van der Waals surface area contributed by atoms with E-state index in [2.05, 4.69) is 6.07 Å². The highest BCUT2D eigenvalue weighted by atomic mass is 32.2. The van der Waals surface area contributed by atoms with E-state index in [-0.39, 0.29) is 11.9 Å². The molecular formula is C12H17O4S. The molecule has 1 rings (SSSR count). The first-order chi connectivity index (χ1) is 8.02. The number of rotatable bonds is 6. The Bertz CT molecular complexity index is 432. The molecule has 0 saturated heterocycles. The Kier molecular flexibility index (Phi) is 5.44. The number of ether oxygens (including phenoxy) is 1. The monoisotopic (exact) mass is 257 g/mol. The maximum Gasteiger partial charge on any atom is 0.142 e. The van der Waals surface area contributed by atoms with Gasteiger partial charge in [-0.25, -0.2) is 8.42 Å². The van der Waals surface area contributed by atoms with Gasteiger partial charge in [0.05, 0.1) is 18.5 Å². The average molecular weight is 257 g/mol. The number of benzene rings is 1. The lowest BCUT2D eigenvalue weighted by atomic mass is 10.1. The van der Waals surface area contributed by atoms with E-state index < -0.39 is 10.7 Å². The van der Waals surface area contributed by atoms with Crippen molar-refractivity contribution in [3.05, 3.63) is 29.3 Å². The van der Waals surface area contributed by atoms with Crippen LogP contribution in [0.2, 0.25) is 0 Å². The van der Waals surface area contributed by atoms with E-state index in [1.54, 1.807) is 19.1 Å². The Labute approximate surface area is 103 Å². The van der Waals surface area contributed by atoms with Crippen molar-refractivity contribution in [2.75, 3.05) is 6.61 Å². The van der Waals surface area contributed by atoms with Crippen molar-refractivity contribution in [2.45, 2.75) is 32.1 Å². The number of aliphatic hydroxyl groups is 1. The molecule has 0 aliphatic rings. The molecule has 95 valence electrons. The lowest BCUT2D eigenvalue weighted by Gasteiger charge is -2.09. The van der Waals surface area contributed by atoms with Crippen LogP contribution in [0.15, 0.2) is 12.1 Å². The molecule has 0 amide bonds. The van der Waals surface area contributed by atoms with Gasteiger partial charge in [-0.3, -0.25) is 0 Å². The summed E-state index contributed by atoms with van der Waals surface area (Å²) in [4.78, 5) is 0. The molecule has 1 aromatic carbocycles. The fraction of sp³-hybridized carbons (Fsp3) is 0.500.